The second kappa shape index (κ2) is 7.78. The summed E-state index contributed by atoms with van der Waals surface area (Å²) in [6, 6.07) is 7.72. The van der Waals surface area contributed by atoms with Gasteiger partial charge in [-0.1, -0.05) is 32.0 Å². The van der Waals surface area contributed by atoms with E-state index in [-0.39, 0.29) is 18.3 Å². The number of anilines is 1. The van der Waals surface area contributed by atoms with Crippen molar-refractivity contribution < 1.29 is 14.7 Å². The Kier molecular flexibility index (Phi) is 6.33. The van der Waals surface area contributed by atoms with Gasteiger partial charge in [0.15, 0.2) is 0 Å². The molecule has 2 aromatic rings. The Balaban J connectivity index is 0.00000264. The summed E-state index contributed by atoms with van der Waals surface area (Å²) in [4.78, 5) is 27.6. The molecule has 124 valence electrons. The molecular formula is C16H20ClN3O3. The van der Waals surface area contributed by atoms with Gasteiger partial charge < -0.3 is 15.7 Å². The summed E-state index contributed by atoms with van der Waals surface area (Å²) in [6.45, 7) is 5.32. The molecule has 0 bridgehead atoms. The molecule has 0 fully saturated rings. The van der Waals surface area contributed by atoms with Gasteiger partial charge in [0.05, 0.1) is 11.2 Å². The third-order valence-electron chi connectivity index (χ3n) is 3.31. The Bertz CT molecular complexity index is 719. The highest BCUT2D eigenvalue weighted by Crippen LogP contribution is 2.22. The largest absolute Gasteiger partial charge is 0.480 e. The van der Waals surface area contributed by atoms with Crippen LogP contribution in [0.1, 0.15) is 19.5 Å². The number of rotatable bonds is 4. The number of halogens is 1. The van der Waals surface area contributed by atoms with Gasteiger partial charge in [-0.15, -0.1) is 12.4 Å². The third kappa shape index (κ3) is 4.56. The van der Waals surface area contributed by atoms with Crippen LogP contribution in [0.15, 0.2) is 30.3 Å². The standard InChI is InChI=1S/C16H19N3O3.ClH/c1-9(2)14(15(20)21)19-16(22)18-13-8-10(3)17-12-7-5-4-6-11(12)13;/h4-9,14H,1-3H3,(H,20,21)(H2,17,18,19,22);1H. The summed E-state index contributed by atoms with van der Waals surface area (Å²) in [7, 11) is 0. The molecule has 0 aliphatic carbocycles. The Hall–Kier alpha value is -2.34. The fraction of sp³-hybridized carbons (Fsp3) is 0.312. The molecule has 7 heteroatoms. The molecule has 2 rings (SSSR count). The summed E-state index contributed by atoms with van der Waals surface area (Å²) >= 11 is 0. The van der Waals surface area contributed by atoms with Crippen LogP contribution in [0.2, 0.25) is 0 Å². The van der Waals surface area contributed by atoms with Crippen molar-refractivity contribution >= 4 is 41.0 Å². The van der Waals surface area contributed by atoms with Gasteiger partial charge in [0.25, 0.3) is 0 Å². The van der Waals surface area contributed by atoms with E-state index in [4.69, 9.17) is 5.11 Å². The van der Waals surface area contributed by atoms with Crippen LogP contribution in [0.5, 0.6) is 0 Å². The summed E-state index contributed by atoms with van der Waals surface area (Å²) in [6.07, 6.45) is 0. The predicted molar refractivity (Wildman–Crippen MR) is 92.1 cm³/mol. The Labute approximate surface area is 140 Å². The zero-order chi connectivity index (χ0) is 16.3. The number of carbonyl (C=O) groups is 2. The number of para-hydroxylation sites is 1. The quantitative estimate of drug-likeness (QED) is 0.799. The van der Waals surface area contributed by atoms with Crippen molar-refractivity contribution in [2.45, 2.75) is 26.8 Å². The fourth-order valence-corrected chi connectivity index (χ4v) is 2.22. The van der Waals surface area contributed by atoms with Crippen LogP contribution in [-0.2, 0) is 4.79 Å². The zero-order valence-corrected chi connectivity index (χ0v) is 14.0. The smallest absolute Gasteiger partial charge is 0.326 e. The number of nitrogens with zero attached hydrogens (tertiary/aromatic N) is 1. The lowest BCUT2D eigenvalue weighted by Crippen LogP contribution is -2.46. The topological polar surface area (TPSA) is 91.3 Å². The van der Waals surface area contributed by atoms with Crippen molar-refractivity contribution in [3.63, 3.8) is 0 Å². The van der Waals surface area contributed by atoms with Crippen LogP contribution in [0.3, 0.4) is 0 Å². The van der Waals surface area contributed by atoms with Crippen molar-refractivity contribution in [2.24, 2.45) is 5.92 Å². The minimum atomic E-state index is -1.05. The van der Waals surface area contributed by atoms with E-state index in [1.807, 2.05) is 31.2 Å². The number of amides is 2. The SMILES string of the molecule is Cc1cc(NC(=O)NC(C(=O)O)C(C)C)c2ccccc2n1.Cl. The number of fused-ring (bicyclic) bond motifs is 1. The highest BCUT2D eigenvalue weighted by atomic mass is 35.5. The summed E-state index contributed by atoms with van der Waals surface area (Å²) in [5.74, 6) is -1.26. The van der Waals surface area contributed by atoms with Gasteiger partial charge in [-0.2, -0.15) is 0 Å². The maximum Gasteiger partial charge on any atom is 0.326 e. The molecule has 0 spiro atoms. The van der Waals surface area contributed by atoms with E-state index in [0.717, 1.165) is 16.6 Å². The highest BCUT2D eigenvalue weighted by Gasteiger charge is 2.23. The van der Waals surface area contributed by atoms with Crippen molar-refractivity contribution in [3.8, 4) is 0 Å². The van der Waals surface area contributed by atoms with Crippen molar-refractivity contribution in [2.75, 3.05) is 5.32 Å². The molecule has 6 nitrogen and oxygen atoms in total. The van der Waals surface area contributed by atoms with Gasteiger partial charge in [0, 0.05) is 11.1 Å². The number of hydrogen-bond donors (Lipinski definition) is 3. The molecule has 1 aromatic heterocycles. The average Bonchev–Trinajstić information content (AvgIpc) is 2.44. The Morgan fingerprint density at radius 1 is 1.22 bits per heavy atom. The molecule has 23 heavy (non-hydrogen) atoms. The maximum absolute atomic E-state index is 12.1. The normalized spacial score (nSPS) is 11.7. The summed E-state index contributed by atoms with van der Waals surface area (Å²) in [5.41, 5.74) is 2.15. The van der Waals surface area contributed by atoms with Crippen LogP contribution >= 0.6 is 12.4 Å². The first-order valence-electron chi connectivity index (χ1n) is 7.05. The molecule has 1 unspecified atom stereocenters. The lowest BCUT2D eigenvalue weighted by atomic mass is 10.1. The van der Waals surface area contributed by atoms with Crippen LogP contribution in [0, 0.1) is 12.8 Å². The number of aryl methyl sites for hydroxylation is 1. The fourth-order valence-electron chi connectivity index (χ4n) is 2.22. The van der Waals surface area contributed by atoms with Crippen LogP contribution in [0.25, 0.3) is 10.9 Å². The van der Waals surface area contributed by atoms with Crippen LogP contribution < -0.4 is 10.6 Å². The van der Waals surface area contributed by atoms with Crippen molar-refractivity contribution in [1.82, 2.24) is 10.3 Å². The second-order valence-electron chi connectivity index (χ2n) is 5.49. The molecule has 0 saturated carbocycles. The predicted octanol–water partition coefficient (Wildman–Crippen LogP) is 3.20. The van der Waals surface area contributed by atoms with E-state index in [1.165, 1.54) is 0 Å². The van der Waals surface area contributed by atoms with Crippen molar-refractivity contribution in [1.29, 1.82) is 0 Å². The number of carboxylic acid groups (broad SMARTS) is 1. The number of carbonyl (C=O) groups excluding carboxylic acids is 1. The molecule has 1 heterocycles. The van der Waals surface area contributed by atoms with E-state index >= 15 is 0 Å². The first kappa shape index (κ1) is 18.7. The van der Waals surface area contributed by atoms with Gasteiger partial charge in [0.1, 0.15) is 6.04 Å². The van der Waals surface area contributed by atoms with E-state index in [9.17, 15) is 9.59 Å². The number of hydrogen-bond acceptors (Lipinski definition) is 3. The average molecular weight is 338 g/mol. The molecule has 3 N–H and O–H groups in total. The molecule has 0 aliphatic rings. The first-order valence-corrected chi connectivity index (χ1v) is 7.05. The van der Waals surface area contributed by atoms with Crippen LogP contribution in [-0.4, -0.2) is 28.1 Å². The van der Waals surface area contributed by atoms with Crippen molar-refractivity contribution in [3.05, 3.63) is 36.0 Å². The summed E-state index contributed by atoms with van der Waals surface area (Å²) < 4.78 is 0. The monoisotopic (exact) mass is 337 g/mol. The number of aromatic nitrogens is 1. The number of aliphatic carboxylic acids is 1. The summed E-state index contributed by atoms with van der Waals surface area (Å²) in [5, 5.41) is 15.1. The second-order valence-corrected chi connectivity index (χ2v) is 5.49. The number of nitrogens with one attached hydrogen (secondary N) is 2. The number of benzene rings is 1. The van der Waals surface area contributed by atoms with E-state index in [1.54, 1.807) is 19.9 Å². The van der Waals surface area contributed by atoms with Gasteiger partial charge >= 0.3 is 12.0 Å². The minimum absolute atomic E-state index is 0. The lowest BCUT2D eigenvalue weighted by molar-refractivity contribution is -0.140. The minimum Gasteiger partial charge on any atom is -0.480 e. The molecule has 0 saturated heterocycles. The van der Waals surface area contributed by atoms with E-state index in [0.29, 0.717) is 5.69 Å². The maximum atomic E-state index is 12.1. The Morgan fingerprint density at radius 2 is 1.87 bits per heavy atom. The van der Waals surface area contributed by atoms with Gasteiger partial charge in [-0.25, -0.2) is 9.59 Å². The van der Waals surface area contributed by atoms with Gasteiger partial charge in [0.2, 0.25) is 0 Å². The molecule has 0 radical (unpaired) electrons. The molecule has 0 aliphatic heterocycles. The van der Waals surface area contributed by atoms with E-state index < -0.39 is 18.0 Å². The van der Waals surface area contributed by atoms with Gasteiger partial charge in [-0.05, 0) is 25.0 Å². The lowest BCUT2D eigenvalue weighted by Gasteiger charge is -2.18. The number of urea groups is 1. The van der Waals surface area contributed by atoms with E-state index in [2.05, 4.69) is 15.6 Å². The molecular weight excluding hydrogens is 318 g/mol. The van der Waals surface area contributed by atoms with Crippen LogP contribution in [0.4, 0.5) is 10.5 Å². The third-order valence-corrected chi connectivity index (χ3v) is 3.31. The molecule has 2 amide bonds. The number of carboxylic acids is 1. The highest BCUT2D eigenvalue weighted by molar-refractivity contribution is 6.01. The first-order chi connectivity index (χ1) is 10.4. The molecule has 1 aromatic carbocycles. The molecule has 1 atom stereocenters. The zero-order valence-electron chi connectivity index (χ0n) is 13.2. The number of pyridine rings is 1. The van der Waals surface area contributed by atoms with Gasteiger partial charge in [-0.3, -0.25) is 4.98 Å². The Morgan fingerprint density at radius 3 is 2.48 bits per heavy atom.